The molecule has 7 atom stereocenters. The third-order valence-electron chi connectivity index (χ3n) is 8.31. The Morgan fingerprint density at radius 1 is 0.941 bits per heavy atom. The summed E-state index contributed by atoms with van der Waals surface area (Å²) in [6.45, 7) is 17.1. The van der Waals surface area contributed by atoms with E-state index in [1.165, 1.54) is 26.3 Å². The van der Waals surface area contributed by atoms with E-state index in [1.807, 2.05) is 0 Å². The van der Waals surface area contributed by atoms with Crippen LogP contribution in [-0.4, -0.2) is 49.4 Å². The van der Waals surface area contributed by atoms with Crippen molar-refractivity contribution in [3.63, 3.8) is 0 Å². The first-order valence-electron chi connectivity index (χ1n) is 12.2. The number of ether oxygens (including phenoxy) is 4. The monoisotopic (exact) mass is 476 g/mol. The Bertz CT molecular complexity index is 901. The van der Waals surface area contributed by atoms with E-state index in [-0.39, 0.29) is 35.3 Å². The summed E-state index contributed by atoms with van der Waals surface area (Å²) >= 11 is 0. The molecular weight excluding hydrogens is 436 g/mol. The average molecular weight is 477 g/mol. The summed E-state index contributed by atoms with van der Waals surface area (Å²) < 4.78 is 23.7. The van der Waals surface area contributed by atoms with Crippen molar-refractivity contribution in [2.24, 2.45) is 22.7 Å². The van der Waals surface area contributed by atoms with E-state index in [0.717, 1.165) is 24.0 Å². The number of hydrogen-bond donors (Lipinski definition) is 0. The average Bonchev–Trinajstić information content (AvgIpc) is 2.66. The van der Waals surface area contributed by atoms with Gasteiger partial charge in [-0.05, 0) is 48.2 Å². The first kappa shape index (κ1) is 26.5. The molecule has 7 nitrogen and oxygen atoms in total. The molecule has 0 amide bonds. The Morgan fingerprint density at radius 3 is 2.06 bits per heavy atom. The van der Waals surface area contributed by atoms with Gasteiger partial charge in [0.25, 0.3) is 0 Å². The van der Waals surface area contributed by atoms with E-state index in [9.17, 15) is 14.4 Å². The maximum absolute atomic E-state index is 12.5. The van der Waals surface area contributed by atoms with Crippen LogP contribution >= 0.6 is 0 Å². The quantitative estimate of drug-likeness (QED) is 0.334. The van der Waals surface area contributed by atoms with Crippen LogP contribution in [0.3, 0.4) is 0 Å². The largest absolute Gasteiger partial charge is 0.462 e. The molecule has 3 rings (SSSR count). The molecule has 0 heterocycles. The Labute approximate surface area is 203 Å². The molecule has 2 saturated carbocycles. The van der Waals surface area contributed by atoms with Gasteiger partial charge in [0.05, 0.1) is 6.10 Å². The van der Waals surface area contributed by atoms with Gasteiger partial charge in [-0.25, -0.2) is 0 Å². The Kier molecular flexibility index (Phi) is 7.38. The molecule has 0 aromatic heterocycles. The smallest absolute Gasteiger partial charge is 0.303 e. The summed E-state index contributed by atoms with van der Waals surface area (Å²) in [5, 5.41) is 0. The number of esters is 3. The van der Waals surface area contributed by atoms with Crippen LogP contribution in [0, 0.1) is 22.7 Å². The predicted molar refractivity (Wildman–Crippen MR) is 127 cm³/mol. The standard InChI is InChI=1S/C27H40O7/c1-14-12-20(33-17(4)29)24-25(34-18(5)30)23-15(2)19(32-16(3)28)10-11-27(23,8)13-21(31-9)22(14)26(24,6)7/h19-21,23-25H,2,10-13H2,1,3-9H3/t19-,20-,21-,23-,24-,25-,27-/m0/s1. The molecular formula is C27H40O7. The third-order valence-corrected chi connectivity index (χ3v) is 8.31. The molecule has 2 fully saturated rings. The van der Waals surface area contributed by atoms with Crippen LogP contribution in [0.15, 0.2) is 23.3 Å². The topological polar surface area (TPSA) is 88.1 Å². The second-order valence-electron chi connectivity index (χ2n) is 11.1. The van der Waals surface area contributed by atoms with Crippen molar-refractivity contribution in [1.82, 2.24) is 0 Å². The van der Waals surface area contributed by atoms with Crippen molar-refractivity contribution in [1.29, 1.82) is 0 Å². The molecule has 34 heavy (non-hydrogen) atoms. The van der Waals surface area contributed by atoms with Crippen molar-refractivity contribution < 1.29 is 33.3 Å². The zero-order chi connectivity index (χ0) is 25.6. The summed E-state index contributed by atoms with van der Waals surface area (Å²) in [6, 6.07) is 0. The number of rotatable bonds is 4. The maximum Gasteiger partial charge on any atom is 0.303 e. The zero-order valence-electron chi connectivity index (χ0n) is 21.9. The molecule has 0 aliphatic heterocycles. The van der Waals surface area contributed by atoms with Crippen LogP contribution in [0.5, 0.6) is 0 Å². The van der Waals surface area contributed by atoms with Crippen molar-refractivity contribution in [3.05, 3.63) is 23.3 Å². The number of carbonyl (C=O) groups is 3. The van der Waals surface area contributed by atoms with Gasteiger partial charge in [-0.15, -0.1) is 0 Å². The van der Waals surface area contributed by atoms with E-state index in [2.05, 4.69) is 34.3 Å². The first-order chi connectivity index (χ1) is 15.7. The van der Waals surface area contributed by atoms with E-state index >= 15 is 0 Å². The summed E-state index contributed by atoms with van der Waals surface area (Å²) in [6.07, 6.45) is 1.00. The number of carbonyl (C=O) groups excluding carboxylic acids is 3. The van der Waals surface area contributed by atoms with E-state index < -0.39 is 29.7 Å². The molecule has 0 saturated heterocycles. The highest BCUT2D eigenvalue weighted by molar-refractivity contribution is 5.67. The summed E-state index contributed by atoms with van der Waals surface area (Å²) in [5.41, 5.74) is 2.27. The van der Waals surface area contributed by atoms with Crippen molar-refractivity contribution in [2.45, 2.75) is 98.6 Å². The minimum atomic E-state index is -0.603. The Morgan fingerprint density at radius 2 is 1.53 bits per heavy atom. The molecule has 3 aliphatic carbocycles. The van der Waals surface area contributed by atoms with Crippen molar-refractivity contribution >= 4 is 17.9 Å². The predicted octanol–water partition coefficient (Wildman–Crippen LogP) is 4.54. The van der Waals surface area contributed by atoms with Crippen molar-refractivity contribution in [3.8, 4) is 0 Å². The highest BCUT2D eigenvalue weighted by atomic mass is 16.6. The molecule has 2 bridgehead atoms. The van der Waals surface area contributed by atoms with Gasteiger partial charge in [0.15, 0.2) is 0 Å². The van der Waals surface area contributed by atoms with Gasteiger partial charge < -0.3 is 18.9 Å². The molecule has 7 heteroatoms. The lowest BCUT2D eigenvalue weighted by atomic mass is 9.50. The highest BCUT2D eigenvalue weighted by Gasteiger charge is 2.60. The molecule has 0 N–H and O–H groups in total. The lowest BCUT2D eigenvalue weighted by Gasteiger charge is -2.59. The van der Waals surface area contributed by atoms with Crippen LogP contribution in [-0.2, 0) is 33.3 Å². The molecule has 0 spiro atoms. The fourth-order valence-corrected chi connectivity index (χ4v) is 7.26. The summed E-state index contributed by atoms with van der Waals surface area (Å²) in [4.78, 5) is 36.4. The van der Waals surface area contributed by atoms with Crippen LogP contribution in [0.2, 0.25) is 0 Å². The van der Waals surface area contributed by atoms with Crippen LogP contribution in [0.1, 0.15) is 74.1 Å². The van der Waals surface area contributed by atoms with Gasteiger partial charge in [-0.3, -0.25) is 14.4 Å². The van der Waals surface area contributed by atoms with Gasteiger partial charge in [0.1, 0.15) is 18.3 Å². The van der Waals surface area contributed by atoms with Crippen LogP contribution in [0.4, 0.5) is 0 Å². The lowest BCUT2D eigenvalue weighted by Crippen LogP contribution is -2.60. The van der Waals surface area contributed by atoms with Crippen molar-refractivity contribution in [2.75, 3.05) is 7.11 Å². The van der Waals surface area contributed by atoms with E-state index in [1.54, 1.807) is 7.11 Å². The molecule has 3 aliphatic rings. The summed E-state index contributed by atoms with van der Waals surface area (Å²) in [5.74, 6) is -1.75. The van der Waals surface area contributed by atoms with Gasteiger partial charge in [-0.2, -0.15) is 0 Å². The minimum Gasteiger partial charge on any atom is -0.462 e. The maximum atomic E-state index is 12.5. The van der Waals surface area contributed by atoms with Gasteiger partial charge in [-0.1, -0.05) is 32.9 Å². The van der Waals surface area contributed by atoms with Gasteiger partial charge in [0, 0.05) is 46.1 Å². The normalized spacial score (nSPS) is 37.1. The molecule has 0 unspecified atom stereocenters. The number of hydrogen-bond acceptors (Lipinski definition) is 7. The first-order valence-corrected chi connectivity index (χ1v) is 12.2. The minimum absolute atomic E-state index is 0.139. The molecule has 190 valence electrons. The second-order valence-corrected chi connectivity index (χ2v) is 11.1. The van der Waals surface area contributed by atoms with Crippen LogP contribution in [0.25, 0.3) is 0 Å². The second kappa shape index (κ2) is 9.48. The van der Waals surface area contributed by atoms with E-state index in [4.69, 9.17) is 18.9 Å². The Hall–Kier alpha value is -2.15. The van der Waals surface area contributed by atoms with Gasteiger partial charge in [0.2, 0.25) is 0 Å². The number of fused-ring (bicyclic) bond motifs is 3. The summed E-state index contributed by atoms with van der Waals surface area (Å²) in [7, 11) is 1.73. The zero-order valence-corrected chi connectivity index (χ0v) is 21.9. The lowest BCUT2D eigenvalue weighted by molar-refractivity contribution is -0.184. The van der Waals surface area contributed by atoms with E-state index in [0.29, 0.717) is 12.8 Å². The SMILES string of the molecule is C=C1[C@@H](OC(C)=O)CC[C@@]2(C)C[C@H](OC)C3=C(C)C[C@H](OC(C)=O)[C@@H]([C@@H](OC(C)=O)[C@H]12)C3(C)C. The number of methoxy groups -OCH3 is 1. The molecule has 0 aromatic carbocycles. The fourth-order valence-electron chi connectivity index (χ4n) is 7.26. The third kappa shape index (κ3) is 4.68. The fraction of sp³-hybridized carbons (Fsp3) is 0.741. The highest BCUT2D eigenvalue weighted by Crippen LogP contribution is 2.60. The molecule has 0 radical (unpaired) electrons. The Balaban J connectivity index is 2.26. The molecule has 0 aromatic rings. The van der Waals surface area contributed by atoms with Gasteiger partial charge >= 0.3 is 17.9 Å². The van der Waals surface area contributed by atoms with Crippen LogP contribution < -0.4 is 0 Å².